The highest BCUT2D eigenvalue weighted by atomic mass is 16.5. The Balaban J connectivity index is 2.38. The first kappa shape index (κ1) is 30.0. The van der Waals surface area contributed by atoms with Gasteiger partial charge in [0.15, 0.2) is 0 Å². The number of esters is 1. The fraction of sp³-hybridized carbons (Fsp3) is 0.931. The minimum atomic E-state index is -0.765. The fourth-order valence-electron chi connectivity index (χ4n) is 5.06. The fourth-order valence-corrected chi connectivity index (χ4v) is 5.06. The monoisotopic (exact) mass is 466 g/mol. The van der Waals surface area contributed by atoms with Crippen LogP contribution in [0, 0.1) is 23.7 Å². The third-order valence-electron chi connectivity index (χ3n) is 7.25. The van der Waals surface area contributed by atoms with Crippen LogP contribution in [-0.2, 0) is 14.3 Å². The summed E-state index contributed by atoms with van der Waals surface area (Å²) in [5.41, 5.74) is 0. The van der Waals surface area contributed by atoms with Gasteiger partial charge in [-0.25, -0.2) is 0 Å². The van der Waals surface area contributed by atoms with Gasteiger partial charge < -0.3 is 9.84 Å². The zero-order valence-electron chi connectivity index (χ0n) is 22.3. The van der Waals surface area contributed by atoms with E-state index in [1.165, 1.54) is 64.2 Å². The highest BCUT2D eigenvalue weighted by Gasteiger charge is 2.32. The van der Waals surface area contributed by atoms with Crippen LogP contribution in [0.1, 0.15) is 143 Å². The summed E-state index contributed by atoms with van der Waals surface area (Å²) in [4.78, 5) is 24.2. The topological polar surface area (TPSA) is 63.6 Å². The Morgan fingerprint density at radius 2 is 1.12 bits per heavy atom. The highest BCUT2D eigenvalue weighted by Crippen LogP contribution is 2.31. The molecule has 1 fully saturated rings. The smallest absolute Gasteiger partial charge is 0.309 e. The first-order valence-electron chi connectivity index (χ1n) is 14.2. The second kappa shape index (κ2) is 18.3. The molecule has 4 heteroatoms. The van der Waals surface area contributed by atoms with Crippen molar-refractivity contribution in [1.82, 2.24) is 0 Å². The molecule has 0 spiro atoms. The maximum Gasteiger partial charge on any atom is 0.309 e. The van der Waals surface area contributed by atoms with Gasteiger partial charge >= 0.3 is 11.9 Å². The molecule has 1 aliphatic rings. The number of carbonyl (C=O) groups is 2. The van der Waals surface area contributed by atoms with E-state index in [1.807, 2.05) is 0 Å². The SMILES string of the molecule is CC(C)CCCCCCCCC(CCCCCCC(C)C)OC(=O)C1CCCC(C(=O)O)C1. The molecule has 0 radical (unpaired) electrons. The second-order valence-corrected chi connectivity index (χ2v) is 11.4. The number of carboxylic acid groups (broad SMARTS) is 1. The van der Waals surface area contributed by atoms with Crippen LogP contribution in [0.3, 0.4) is 0 Å². The molecule has 4 nitrogen and oxygen atoms in total. The summed E-state index contributed by atoms with van der Waals surface area (Å²) in [5.74, 6) is 0.0639. The van der Waals surface area contributed by atoms with Crippen LogP contribution in [-0.4, -0.2) is 23.1 Å². The van der Waals surface area contributed by atoms with Gasteiger partial charge in [0, 0.05) is 0 Å². The van der Waals surface area contributed by atoms with E-state index in [-0.39, 0.29) is 23.9 Å². The van der Waals surface area contributed by atoms with Crippen molar-refractivity contribution in [3.05, 3.63) is 0 Å². The lowest BCUT2D eigenvalue weighted by Crippen LogP contribution is -2.31. The van der Waals surface area contributed by atoms with Gasteiger partial charge in [0.05, 0.1) is 11.8 Å². The molecule has 1 N–H and O–H groups in total. The van der Waals surface area contributed by atoms with Crippen molar-refractivity contribution in [3.63, 3.8) is 0 Å². The molecular formula is C29H54O4. The number of hydrogen-bond donors (Lipinski definition) is 1. The number of unbranched alkanes of at least 4 members (excludes halogenated alkanes) is 8. The Morgan fingerprint density at radius 1 is 0.697 bits per heavy atom. The summed E-state index contributed by atoms with van der Waals surface area (Å²) in [6.45, 7) is 9.14. The molecule has 0 aromatic heterocycles. The van der Waals surface area contributed by atoms with E-state index in [4.69, 9.17) is 4.74 Å². The van der Waals surface area contributed by atoms with Crippen LogP contribution in [0.5, 0.6) is 0 Å². The largest absolute Gasteiger partial charge is 0.481 e. The van der Waals surface area contributed by atoms with Crippen LogP contribution < -0.4 is 0 Å². The highest BCUT2D eigenvalue weighted by molar-refractivity contribution is 5.75. The summed E-state index contributed by atoms with van der Waals surface area (Å²) in [6, 6.07) is 0. The van der Waals surface area contributed by atoms with E-state index in [0.717, 1.165) is 50.4 Å². The molecule has 3 atom stereocenters. The Morgan fingerprint density at radius 3 is 1.58 bits per heavy atom. The van der Waals surface area contributed by atoms with Crippen molar-refractivity contribution >= 4 is 11.9 Å². The number of hydrogen-bond acceptors (Lipinski definition) is 3. The molecule has 3 unspecified atom stereocenters. The van der Waals surface area contributed by atoms with Crippen LogP contribution >= 0.6 is 0 Å². The first-order chi connectivity index (χ1) is 15.8. The van der Waals surface area contributed by atoms with Gasteiger partial charge in [-0.05, 0) is 56.8 Å². The lowest BCUT2D eigenvalue weighted by Gasteiger charge is -2.27. The maximum absolute atomic E-state index is 12.8. The predicted molar refractivity (Wildman–Crippen MR) is 137 cm³/mol. The van der Waals surface area contributed by atoms with E-state index in [1.54, 1.807) is 0 Å². The molecular weight excluding hydrogens is 412 g/mol. The zero-order chi connectivity index (χ0) is 24.5. The van der Waals surface area contributed by atoms with Gasteiger partial charge in [0.25, 0.3) is 0 Å². The third kappa shape index (κ3) is 15.5. The number of rotatable bonds is 19. The molecule has 1 aliphatic carbocycles. The van der Waals surface area contributed by atoms with Crippen LogP contribution in [0.15, 0.2) is 0 Å². The maximum atomic E-state index is 12.8. The summed E-state index contributed by atoms with van der Waals surface area (Å²) >= 11 is 0. The van der Waals surface area contributed by atoms with Gasteiger partial charge in [-0.1, -0.05) is 98.3 Å². The normalized spacial score (nSPS) is 19.7. The molecule has 0 aromatic rings. The lowest BCUT2D eigenvalue weighted by molar-refractivity contribution is -0.158. The summed E-state index contributed by atoms with van der Waals surface area (Å²) in [6.07, 6.45) is 19.8. The van der Waals surface area contributed by atoms with Crippen molar-refractivity contribution in [2.24, 2.45) is 23.7 Å². The van der Waals surface area contributed by atoms with E-state index >= 15 is 0 Å². The molecule has 0 aliphatic heterocycles. The van der Waals surface area contributed by atoms with Crippen molar-refractivity contribution in [2.75, 3.05) is 0 Å². The first-order valence-corrected chi connectivity index (χ1v) is 14.2. The van der Waals surface area contributed by atoms with Crippen molar-refractivity contribution in [2.45, 2.75) is 149 Å². The Labute approximate surface area is 204 Å². The van der Waals surface area contributed by atoms with Crippen molar-refractivity contribution in [3.8, 4) is 0 Å². The predicted octanol–water partition coefficient (Wildman–Crippen LogP) is 8.56. The molecule has 0 aromatic carbocycles. The Kier molecular flexibility index (Phi) is 16.6. The Bertz CT molecular complexity index is 514. The molecule has 1 rings (SSSR count). The molecule has 0 bridgehead atoms. The lowest BCUT2D eigenvalue weighted by atomic mass is 9.81. The number of aliphatic carboxylic acids is 1. The van der Waals surface area contributed by atoms with Gasteiger partial charge in [0.2, 0.25) is 0 Å². The van der Waals surface area contributed by atoms with Gasteiger partial charge in [-0.3, -0.25) is 9.59 Å². The molecule has 33 heavy (non-hydrogen) atoms. The van der Waals surface area contributed by atoms with Crippen molar-refractivity contribution in [1.29, 1.82) is 0 Å². The minimum absolute atomic E-state index is 0.00810. The summed E-state index contributed by atoms with van der Waals surface area (Å²) in [7, 11) is 0. The average molecular weight is 467 g/mol. The van der Waals surface area contributed by atoms with E-state index < -0.39 is 5.97 Å². The van der Waals surface area contributed by atoms with Crippen LogP contribution in [0.2, 0.25) is 0 Å². The minimum Gasteiger partial charge on any atom is -0.481 e. The quantitative estimate of drug-likeness (QED) is 0.153. The van der Waals surface area contributed by atoms with E-state index in [9.17, 15) is 14.7 Å². The standard InChI is InChI=1S/C29H54O4/c1-23(2)16-11-7-5-6-8-13-20-27(21-14-10-9-12-17-24(3)4)33-29(32)26-19-15-18-25(22-26)28(30)31/h23-27H,5-22H2,1-4H3,(H,30,31). The number of carbonyl (C=O) groups excluding carboxylic acids is 1. The summed E-state index contributed by atoms with van der Waals surface area (Å²) < 4.78 is 6.00. The van der Waals surface area contributed by atoms with Gasteiger partial charge in [-0.2, -0.15) is 0 Å². The average Bonchev–Trinajstić information content (AvgIpc) is 2.77. The molecule has 0 amide bonds. The van der Waals surface area contributed by atoms with Crippen LogP contribution in [0.25, 0.3) is 0 Å². The molecule has 0 heterocycles. The molecule has 1 saturated carbocycles. The molecule has 0 saturated heterocycles. The van der Waals surface area contributed by atoms with Gasteiger partial charge in [0.1, 0.15) is 6.10 Å². The third-order valence-corrected chi connectivity index (χ3v) is 7.25. The Hall–Kier alpha value is -1.06. The second-order valence-electron chi connectivity index (χ2n) is 11.4. The van der Waals surface area contributed by atoms with E-state index in [0.29, 0.717) is 12.8 Å². The van der Waals surface area contributed by atoms with Crippen molar-refractivity contribution < 1.29 is 19.4 Å². The summed E-state index contributed by atoms with van der Waals surface area (Å²) in [5, 5.41) is 9.34. The van der Waals surface area contributed by atoms with Crippen LogP contribution in [0.4, 0.5) is 0 Å². The van der Waals surface area contributed by atoms with Gasteiger partial charge in [-0.15, -0.1) is 0 Å². The number of carboxylic acids is 1. The molecule has 194 valence electrons. The number of ether oxygens (including phenoxy) is 1. The van der Waals surface area contributed by atoms with E-state index in [2.05, 4.69) is 27.7 Å². The zero-order valence-corrected chi connectivity index (χ0v) is 22.3.